The van der Waals surface area contributed by atoms with Gasteiger partial charge in [-0.05, 0) is 41.8 Å². The van der Waals surface area contributed by atoms with Gasteiger partial charge in [-0.3, -0.25) is 0 Å². The van der Waals surface area contributed by atoms with Crippen LogP contribution in [0.2, 0.25) is 0 Å². The lowest BCUT2D eigenvalue weighted by Gasteiger charge is -2.16. The molecule has 1 aliphatic carbocycles. The smallest absolute Gasteiger partial charge is 0.0463 e. The predicted molar refractivity (Wildman–Crippen MR) is 80.4 cm³/mol. The lowest BCUT2D eigenvalue weighted by Crippen LogP contribution is -2.23. The van der Waals surface area contributed by atoms with E-state index in [0.717, 1.165) is 12.3 Å². The van der Waals surface area contributed by atoms with Crippen molar-refractivity contribution in [1.29, 1.82) is 0 Å². The lowest BCUT2D eigenvalue weighted by atomic mass is 10.1. The summed E-state index contributed by atoms with van der Waals surface area (Å²) < 4.78 is 0. The third kappa shape index (κ3) is 3.44. The number of thiophene rings is 2. The monoisotopic (exact) mass is 277 g/mol. The topological polar surface area (TPSA) is 12.0 Å². The molecule has 0 aliphatic heterocycles. The molecule has 0 bridgehead atoms. The van der Waals surface area contributed by atoms with Crippen molar-refractivity contribution in [2.45, 2.75) is 31.7 Å². The Morgan fingerprint density at radius 2 is 2.00 bits per heavy atom. The van der Waals surface area contributed by atoms with Gasteiger partial charge in [0.1, 0.15) is 0 Å². The third-order valence-corrected chi connectivity index (χ3v) is 5.40. The summed E-state index contributed by atoms with van der Waals surface area (Å²) in [5, 5.41) is 8.10. The fourth-order valence-corrected chi connectivity index (χ4v) is 3.82. The first-order valence-electron chi connectivity index (χ1n) is 6.71. The minimum absolute atomic E-state index is 0.502. The van der Waals surface area contributed by atoms with Crippen LogP contribution < -0.4 is 5.32 Å². The Hall–Kier alpha value is -0.640. The van der Waals surface area contributed by atoms with E-state index >= 15 is 0 Å². The normalized spacial score (nSPS) is 16.9. The molecule has 1 aliphatic rings. The molecule has 1 unspecified atom stereocenters. The molecule has 2 aromatic heterocycles. The second-order valence-corrected chi connectivity index (χ2v) is 7.05. The highest BCUT2D eigenvalue weighted by molar-refractivity contribution is 7.10. The number of hydrogen-bond acceptors (Lipinski definition) is 3. The maximum absolute atomic E-state index is 3.75. The van der Waals surface area contributed by atoms with Gasteiger partial charge < -0.3 is 5.32 Å². The molecule has 1 fully saturated rings. The minimum atomic E-state index is 0.502. The first-order chi connectivity index (χ1) is 8.92. The van der Waals surface area contributed by atoms with E-state index in [9.17, 15) is 0 Å². The fraction of sp³-hybridized carbons (Fsp3) is 0.467. The Kier molecular flexibility index (Phi) is 4.13. The molecule has 0 amide bonds. The highest BCUT2D eigenvalue weighted by atomic mass is 32.1. The average molecular weight is 277 g/mol. The SMILES string of the molecule is c1csc(CC(NCCC2CC2)c2cccs2)c1. The Balaban J connectivity index is 1.59. The Morgan fingerprint density at radius 3 is 2.67 bits per heavy atom. The van der Waals surface area contributed by atoms with Gasteiger partial charge >= 0.3 is 0 Å². The van der Waals surface area contributed by atoms with E-state index in [0.29, 0.717) is 6.04 Å². The summed E-state index contributed by atoms with van der Waals surface area (Å²) in [5.41, 5.74) is 0. The number of rotatable bonds is 7. The van der Waals surface area contributed by atoms with Crippen molar-refractivity contribution in [2.24, 2.45) is 5.92 Å². The standard InChI is InChI=1S/C15H19NS2/c1-3-13(17-9-1)11-14(15-4-2-10-18-15)16-8-7-12-5-6-12/h1-4,9-10,12,14,16H,5-8,11H2. The van der Waals surface area contributed by atoms with Crippen molar-refractivity contribution in [3.63, 3.8) is 0 Å². The van der Waals surface area contributed by atoms with E-state index in [-0.39, 0.29) is 0 Å². The van der Waals surface area contributed by atoms with E-state index in [1.165, 1.54) is 35.6 Å². The molecule has 96 valence electrons. The maximum Gasteiger partial charge on any atom is 0.0463 e. The molecule has 0 spiro atoms. The predicted octanol–water partition coefficient (Wildman–Crippen LogP) is 4.48. The van der Waals surface area contributed by atoms with Crippen LogP contribution >= 0.6 is 22.7 Å². The van der Waals surface area contributed by atoms with Crippen molar-refractivity contribution in [3.05, 3.63) is 44.8 Å². The van der Waals surface area contributed by atoms with E-state index in [2.05, 4.69) is 40.3 Å². The Labute approximate surface area is 117 Å². The number of hydrogen-bond donors (Lipinski definition) is 1. The van der Waals surface area contributed by atoms with E-state index in [1.807, 2.05) is 22.7 Å². The molecule has 1 N–H and O–H groups in total. The molecular weight excluding hydrogens is 258 g/mol. The zero-order valence-corrected chi connectivity index (χ0v) is 12.1. The Morgan fingerprint density at radius 1 is 1.17 bits per heavy atom. The third-order valence-electron chi connectivity index (χ3n) is 3.51. The summed E-state index contributed by atoms with van der Waals surface area (Å²) in [5.74, 6) is 1.02. The molecule has 18 heavy (non-hydrogen) atoms. The highest BCUT2D eigenvalue weighted by Crippen LogP contribution is 2.32. The molecule has 1 atom stereocenters. The molecule has 3 heteroatoms. The second-order valence-electron chi connectivity index (χ2n) is 5.04. The van der Waals surface area contributed by atoms with Crippen molar-refractivity contribution in [2.75, 3.05) is 6.54 Å². The van der Waals surface area contributed by atoms with Gasteiger partial charge in [0, 0.05) is 22.2 Å². The quantitative estimate of drug-likeness (QED) is 0.786. The zero-order valence-electron chi connectivity index (χ0n) is 10.5. The van der Waals surface area contributed by atoms with Gasteiger partial charge in [-0.2, -0.15) is 0 Å². The van der Waals surface area contributed by atoms with Crippen LogP contribution in [0.15, 0.2) is 35.0 Å². The second kappa shape index (κ2) is 6.00. The van der Waals surface area contributed by atoms with Gasteiger partial charge in [0.05, 0.1) is 0 Å². The molecule has 2 aromatic rings. The van der Waals surface area contributed by atoms with Gasteiger partial charge in [-0.25, -0.2) is 0 Å². The van der Waals surface area contributed by atoms with Crippen molar-refractivity contribution in [1.82, 2.24) is 5.32 Å². The van der Waals surface area contributed by atoms with Gasteiger partial charge in [0.15, 0.2) is 0 Å². The maximum atomic E-state index is 3.75. The molecule has 1 saturated carbocycles. The summed E-state index contributed by atoms with van der Waals surface area (Å²) in [7, 11) is 0. The Bertz CT molecular complexity index is 443. The van der Waals surface area contributed by atoms with Gasteiger partial charge in [0.2, 0.25) is 0 Å². The molecule has 0 saturated heterocycles. The molecule has 3 rings (SSSR count). The van der Waals surface area contributed by atoms with Gasteiger partial charge in [-0.15, -0.1) is 22.7 Å². The van der Waals surface area contributed by atoms with Crippen molar-refractivity contribution >= 4 is 22.7 Å². The fourth-order valence-electron chi connectivity index (χ4n) is 2.26. The summed E-state index contributed by atoms with van der Waals surface area (Å²) in [6, 6.07) is 9.31. The van der Waals surface area contributed by atoms with Crippen LogP contribution in [0.1, 0.15) is 35.1 Å². The van der Waals surface area contributed by atoms with E-state index in [4.69, 9.17) is 0 Å². The lowest BCUT2D eigenvalue weighted by molar-refractivity contribution is 0.515. The summed E-state index contributed by atoms with van der Waals surface area (Å²) in [4.78, 5) is 2.95. The molecular formula is C15H19NS2. The van der Waals surface area contributed by atoms with Crippen LogP contribution in [-0.2, 0) is 6.42 Å². The highest BCUT2D eigenvalue weighted by Gasteiger charge is 2.21. The van der Waals surface area contributed by atoms with Crippen LogP contribution in [-0.4, -0.2) is 6.54 Å². The van der Waals surface area contributed by atoms with Crippen LogP contribution in [0.25, 0.3) is 0 Å². The largest absolute Gasteiger partial charge is 0.309 e. The summed E-state index contributed by atoms with van der Waals surface area (Å²) in [6.45, 7) is 1.17. The van der Waals surface area contributed by atoms with Gasteiger partial charge in [-0.1, -0.05) is 25.0 Å². The van der Waals surface area contributed by atoms with Crippen LogP contribution in [0.5, 0.6) is 0 Å². The van der Waals surface area contributed by atoms with Gasteiger partial charge in [0.25, 0.3) is 0 Å². The molecule has 0 aromatic carbocycles. The first-order valence-corrected chi connectivity index (χ1v) is 8.47. The van der Waals surface area contributed by atoms with Crippen LogP contribution in [0.3, 0.4) is 0 Å². The van der Waals surface area contributed by atoms with Crippen molar-refractivity contribution < 1.29 is 0 Å². The van der Waals surface area contributed by atoms with Crippen LogP contribution in [0, 0.1) is 5.92 Å². The van der Waals surface area contributed by atoms with E-state index < -0.39 is 0 Å². The molecule has 2 heterocycles. The zero-order chi connectivity index (χ0) is 12.2. The average Bonchev–Trinajstić information content (AvgIpc) is 2.85. The van der Waals surface area contributed by atoms with Crippen LogP contribution in [0.4, 0.5) is 0 Å². The molecule has 0 radical (unpaired) electrons. The number of nitrogens with one attached hydrogen (secondary N) is 1. The summed E-state index contributed by atoms with van der Waals surface area (Å²) >= 11 is 3.73. The van der Waals surface area contributed by atoms with E-state index in [1.54, 1.807) is 0 Å². The minimum Gasteiger partial charge on any atom is -0.309 e. The first kappa shape index (κ1) is 12.4. The van der Waals surface area contributed by atoms with Crippen molar-refractivity contribution in [3.8, 4) is 0 Å². The molecule has 1 nitrogen and oxygen atoms in total. The summed E-state index contributed by atoms with van der Waals surface area (Å²) in [6.07, 6.45) is 5.39.